The van der Waals surface area contributed by atoms with Gasteiger partial charge in [-0.25, -0.2) is 0 Å². The Kier molecular flexibility index (Phi) is 8.02. The van der Waals surface area contributed by atoms with Gasteiger partial charge in [-0.05, 0) is 152 Å². The van der Waals surface area contributed by atoms with Crippen LogP contribution in [0.3, 0.4) is 0 Å². The van der Waals surface area contributed by atoms with Crippen molar-refractivity contribution in [2.45, 2.75) is 0 Å². The molecule has 0 amide bonds. The molecule has 66 heavy (non-hydrogen) atoms. The van der Waals surface area contributed by atoms with Crippen LogP contribution in [0.4, 0.5) is 17.1 Å². The molecule has 0 aliphatic heterocycles. The van der Waals surface area contributed by atoms with E-state index in [1.165, 1.54) is 97.3 Å². The highest BCUT2D eigenvalue weighted by molar-refractivity contribution is 6.36. The number of hydrogen-bond donors (Lipinski definition) is 0. The van der Waals surface area contributed by atoms with E-state index in [9.17, 15) is 0 Å². The normalized spacial score (nSPS) is 11.9. The standard InChI is InChI=1S/C64H39NO/c1-2-13-40(14-3-1)41-27-30-45(31-28-41)65(47-33-36-61-58(39-47)54-22-10-11-24-60(54)66-61)46-32-35-53-57(38-46)52-21-7-6-19-50(52)48-17-4-5-18-49(48)51-20-8-9-23-55(51)64-56-34-29-43-16-12-15-42-25-26-44(37-59(53)64)63(56)62(42)43/h1-39H. The first kappa shape index (κ1) is 36.7. The fourth-order valence-corrected chi connectivity index (χ4v) is 11.0. The molecule has 0 fully saturated rings. The second-order valence-electron chi connectivity index (χ2n) is 17.5. The lowest BCUT2D eigenvalue weighted by Gasteiger charge is -2.26. The summed E-state index contributed by atoms with van der Waals surface area (Å²) in [5.41, 5.74) is 7.32. The zero-order valence-corrected chi connectivity index (χ0v) is 35.9. The molecule has 2 heteroatoms. The molecule has 0 bridgehead atoms. The number of fused-ring (bicyclic) bond motifs is 14. The van der Waals surface area contributed by atoms with Crippen molar-refractivity contribution in [2.24, 2.45) is 0 Å². The van der Waals surface area contributed by atoms with Crippen molar-refractivity contribution in [1.29, 1.82) is 0 Å². The predicted octanol–water partition coefficient (Wildman–Crippen LogP) is 18.5. The van der Waals surface area contributed by atoms with Crippen LogP contribution in [-0.4, -0.2) is 0 Å². The maximum absolute atomic E-state index is 6.36. The van der Waals surface area contributed by atoms with Gasteiger partial charge in [-0.1, -0.05) is 182 Å². The van der Waals surface area contributed by atoms with E-state index in [1.807, 2.05) is 6.07 Å². The van der Waals surface area contributed by atoms with Gasteiger partial charge < -0.3 is 9.32 Å². The second kappa shape index (κ2) is 14.4. The fourth-order valence-electron chi connectivity index (χ4n) is 11.0. The summed E-state index contributed by atoms with van der Waals surface area (Å²) >= 11 is 0. The summed E-state index contributed by atoms with van der Waals surface area (Å²) in [6, 6.07) is 87.1. The average Bonchev–Trinajstić information content (AvgIpc) is 3.76. The lowest BCUT2D eigenvalue weighted by molar-refractivity contribution is 0.669. The molecule has 0 saturated carbocycles. The molecule has 0 radical (unpaired) electrons. The van der Waals surface area contributed by atoms with Crippen LogP contribution < -0.4 is 4.90 Å². The minimum Gasteiger partial charge on any atom is -0.456 e. The summed E-state index contributed by atoms with van der Waals surface area (Å²) in [5, 5.41) is 22.0. The van der Waals surface area contributed by atoms with Crippen molar-refractivity contribution in [2.75, 3.05) is 4.90 Å². The molecular formula is C64H39NO. The van der Waals surface area contributed by atoms with Gasteiger partial charge in [0.2, 0.25) is 0 Å². The summed E-state index contributed by atoms with van der Waals surface area (Å²) in [4.78, 5) is 2.41. The third-order valence-corrected chi connectivity index (χ3v) is 14.0. The van der Waals surface area contributed by atoms with E-state index in [0.29, 0.717) is 0 Å². The summed E-state index contributed by atoms with van der Waals surface area (Å²) < 4.78 is 6.36. The highest BCUT2D eigenvalue weighted by atomic mass is 16.3. The third-order valence-electron chi connectivity index (χ3n) is 14.0. The Labute approximate surface area is 380 Å². The van der Waals surface area contributed by atoms with Crippen molar-refractivity contribution >= 4 is 125 Å². The largest absolute Gasteiger partial charge is 0.456 e. The molecule has 14 rings (SSSR count). The zero-order valence-electron chi connectivity index (χ0n) is 35.9. The number of benzene rings is 12. The van der Waals surface area contributed by atoms with Crippen molar-refractivity contribution in [3.63, 3.8) is 0 Å². The van der Waals surface area contributed by atoms with Crippen molar-refractivity contribution in [3.05, 3.63) is 237 Å². The molecule has 13 aromatic carbocycles. The molecule has 0 atom stereocenters. The number of furan rings is 1. The number of rotatable bonds is 4. The topological polar surface area (TPSA) is 16.4 Å². The van der Waals surface area contributed by atoms with Gasteiger partial charge in [0.25, 0.3) is 0 Å². The Bertz CT molecular complexity index is 4320. The molecule has 306 valence electrons. The summed E-state index contributed by atoms with van der Waals surface area (Å²) in [6.45, 7) is 0. The van der Waals surface area contributed by atoms with Crippen LogP contribution in [0.5, 0.6) is 0 Å². The molecule has 2 nitrogen and oxygen atoms in total. The highest BCUT2D eigenvalue weighted by Gasteiger charge is 2.19. The summed E-state index contributed by atoms with van der Waals surface area (Å²) in [6.07, 6.45) is 0. The van der Waals surface area contributed by atoms with E-state index in [-0.39, 0.29) is 0 Å². The first-order valence-electron chi connectivity index (χ1n) is 22.7. The Hall–Kier alpha value is -8.72. The van der Waals surface area contributed by atoms with Crippen LogP contribution in [0.25, 0.3) is 119 Å². The highest BCUT2D eigenvalue weighted by Crippen LogP contribution is 2.46. The second-order valence-corrected chi connectivity index (χ2v) is 17.5. The third kappa shape index (κ3) is 5.55. The Balaban J connectivity index is 1.15. The molecule has 0 spiro atoms. The van der Waals surface area contributed by atoms with E-state index in [0.717, 1.165) is 39.0 Å². The van der Waals surface area contributed by atoms with E-state index in [1.54, 1.807) is 0 Å². The number of anilines is 3. The minimum absolute atomic E-state index is 0.874. The first-order valence-corrected chi connectivity index (χ1v) is 22.7. The molecule has 0 aliphatic carbocycles. The van der Waals surface area contributed by atoms with Gasteiger partial charge in [0.1, 0.15) is 11.2 Å². The van der Waals surface area contributed by atoms with Gasteiger partial charge in [0, 0.05) is 27.8 Å². The fraction of sp³-hybridized carbons (Fsp3) is 0. The molecule has 14 aromatic rings. The van der Waals surface area contributed by atoms with Crippen LogP contribution in [0, 0.1) is 0 Å². The maximum atomic E-state index is 6.36. The van der Waals surface area contributed by atoms with Crippen LogP contribution in [0.15, 0.2) is 241 Å². The number of hydrogen-bond acceptors (Lipinski definition) is 2. The van der Waals surface area contributed by atoms with Gasteiger partial charge in [-0.3, -0.25) is 0 Å². The SMILES string of the molecule is c1ccc(-c2ccc(N(c3ccc4oc5ccccc5c4c3)c3ccc4c(c3)c3ccccc3c3ccccc3c3ccccc3c3c4cc4ccc5cccc6ccc3c4c56)cc2)cc1. The van der Waals surface area contributed by atoms with Gasteiger partial charge in [0.15, 0.2) is 0 Å². The Morgan fingerprint density at radius 2 is 0.712 bits per heavy atom. The molecule has 1 aromatic heterocycles. The van der Waals surface area contributed by atoms with Crippen LogP contribution in [0.1, 0.15) is 0 Å². The van der Waals surface area contributed by atoms with Gasteiger partial charge in [-0.15, -0.1) is 0 Å². The van der Waals surface area contributed by atoms with E-state index < -0.39 is 0 Å². The molecule has 1 heterocycles. The smallest absolute Gasteiger partial charge is 0.135 e. The predicted molar refractivity (Wildman–Crippen MR) is 283 cm³/mol. The van der Waals surface area contributed by atoms with Gasteiger partial charge in [-0.2, -0.15) is 0 Å². The molecular weight excluding hydrogens is 799 g/mol. The zero-order chi connectivity index (χ0) is 43.3. The first-order chi connectivity index (χ1) is 32.7. The van der Waals surface area contributed by atoms with Crippen molar-refractivity contribution in [1.82, 2.24) is 0 Å². The van der Waals surface area contributed by atoms with Crippen LogP contribution >= 0.6 is 0 Å². The van der Waals surface area contributed by atoms with Crippen molar-refractivity contribution in [3.8, 4) is 11.1 Å². The van der Waals surface area contributed by atoms with E-state index >= 15 is 0 Å². The van der Waals surface area contributed by atoms with Crippen LogP contribution in [0.2, 0.25) is 0 Å². The quantitative estimate of drug-likeness (QED) is 0.164. The molecule has 0 saturated heterocycles. The minimum atomic E-state index is 0.874. The molecule has 0 N–H and O–H groups in total. The lowest BCUT2D eigenvalue weighted by Crippen LogP contribution is -2.09. The van der Waals surface area contributed by atoms with Crippen molar-refractivity contribution < 1.29 is 4.42 Å². The molecule has 0 aliphatic rings. The van der Waals surface area contributed by atoms with E-state index in [2.05, 4.69) is 235 Å². The van der Waals surface area contributed by atoms with E-state index in [4.69, 9.17) is 4.42 Å². The Morgan fingerprint density at radius 1 is 0.227 bits per heavy atom. The molecule has 0 unspecified atom stereocenters. The monoisotopic (exact) mass is 837 g/mol. The number of para-hydroxylation sites is 1. The summed E-state index contributed by atoms with van der Waals surface area (Å²) in [5.74, 6) is 0. The van der Waals surface area contributed by atoms with Crippen LogP contribution in [-0.2, 0) is 0 Å². The maximum Gasteiger partial charge on any atom is 0.135 e. The average molecular weight is 838 g/mol. The lowest BCUT2D eigenvalue weighted by atomic mass is 9.88. The number of nitrogens with zero attached hydrogens (tertiary/aromatic N) is 1. The Morgan fingerprint density at radius 3 is 1.42 bits per heavy atom. The van der Waals surface area contributed by atoms with Gasteiger partial charge >= 0.3 is 0 Å². The summed E-state index contributed by atoms with van der Waals surface area (Å²) in [7, 11) is 0. The van der Waals surface area contributed by atoms with Gasteiger partial charge in [0.05, 0.1) is 0 Å².